The summed E-state index contributed by atoms with van der Waals surface area (Å²) in [5.74, 6) is 0.588. The second-order valence-electron chi connectivity index (χ2n) is 9.59. The molecule has 1 heterocycles. The molecule has 1 amide bonds. The third kappa shape index (κ3) is 5.31. The van der Waals surface area contributed by atoms with Gasteiger partial charge in [0, 0.05) is 11.4 Å². The number of hydrogen-bond acceptors (Lipinski definition) is 6. The summed E-state index contributed by atoms with van der Waals surface area (Å²) in [6.07, 6.45) is 8.74. The number of methoxy groups -OCH3 is 2. The van der Waals surface area contributed by atoms with E-state index in [0.29, 0.717) is 17.1 Å². The van der Waals surface area contributed by atoms with Gasteiger partial charge in [0.05, 0.1) is 31.0 Å². The van der Waals surface area contributed by atoms with Crippen LogP contribution in [0.5, 0.6) is 11.5 Å². The monoisotopic (exact) mass is 500 g/mol. The first kappa shape index (κ1) is 24.8. The van der Waals surface area contributed by atoms with Crippen LogP contribution in [0.15, 0.2) is 42.5 Å². The average Bonchev–Trinajstić information content (AvgIpc) is 3.43. The minimum Gasteiger partial charge on any atom is -0.493 e. The number of pyridine rings is 1. The number of ether oxygens (including phenoxy) is 3. The summed E-state index contributed by atoms with van der Waals surface area (Å²) in [5, 5.41) is 3.73. The fourth-order valence-electron chi connectivity index (χ4n) is 5.39. The van der Waals surface area contributed by atoms with Gasteiger partial charge in [-0.2, -0.15) is 0 Å². The SMILES string of the molecule is COc1ccc(/C=C2/CCCc3c2nc2ccccc2c3C(=O)OCC(=O)NC2CCCC2)cc1OC. The number of esters is 1. The van der Waals surface area contributed by atoms with Crippen molar-refractivity contribution in [2.45, 2.75) is 51.0 Å². The highest BCUT2D eigenvalue weighted by atomic mass is 16.5. The zero-order chi connectivity index (χ0) is 25.8. The zero-order valence-corrected chi connectivity index (χ0v) is 21.3. The maximum Gasteiger partial charge on any atom is 0.339 e. The van der Waals surface area contributed by atoms with Crippen LogP contribution in [0.2, 0.25) is 0 Å². The molecule has 0 atom stereocenters. The van der Waals surface area contributed by atoms with Crippen molar-refractivity contribution in [1.29, 1.82) is 0 Å². The van der Waals surface area contributed by atoms with E-state index in [9.17, 15) is 9.59 Å². The molecule has 3 aromatic rings. The lowest BCUT2D eigenvalue weighted by Crippen LogP contribution is -2.36. The van der Waals surface area contributed by atoms with Crippen LogP contribution in [0.3, 0.4) is 0 Å². The lowest BCUT2D eigenvalue weighted by molar-refractivity contribution is -0.124. The minimum absolute atomic E-state index is 0.185. The largest absolute Gasteiger partial charge is 0.493 e. The summed E-state index contributed by atoms with van der Waals surface area (Å²) >= 11 is 0. The Morgan fingerprint density at radius 3 is 2.57 bits per heavy atom. The number of rotatable bonds is 7. The second kappa shape index (κ2) is 11.0. The molecule has 1 aromatic heterocycles. The normalized spacial score (nSPS) is 16.4. The first-order chi connectivity index (χ1) is 18.1. The Hall–Kier alpha value is -3.87. The van der Waals surface area contributed by atoms with Crippen LogP contribution in [-0.2, 0) is 16.0 Å². The minimum atomic E-state index is -0.483. The summed E-state index contributed by atoms with van der Waals surface area (Å²) in [6.45, 7) is -0.283. The van der Waals surface area contributed by atoms with Crippen molar-refractivity contribution < 1.29 is 23.8 Å². The van der Waals surface area contributed by atoms with Crippen LogP contribution < -0.4 is 14.8 Å². The zero-order valence-electron chi connectivity index (χ0n) is 21.3. The van der Waals surface area contributed by atoms with E-state index >= 15 is 0 Å². The summed E-state index contributed by atoms with van der Waals surface area (Å²) in [7, 11) is 3.23. The molecule has 1 fully saturated rings. The van der Waals surface area contributed by atoms with E-state index in [1.165, 1.54) is 0 Å². The molecule has 0 aliphatic heterocycles. The summed E-state index contributed by atoms with van der Waals surface area (Å²) < 4.78 is 16.4. The van der Waals surface area contributed by atoms with Crippen molar-refractivity contribution in [2.75, 3.05) is 20.8 Å². The molecule has 37 heavy (non-hydrogen) atoms. The van der Waals surface area contributed by atoms with Crippen molar-refractivity contribution in [3.05, 3.63) is 64.8 Å². The number of benzene rings is 2. The van der Waals surface area contributed by atoms with Crippen LogP contribution in [0, 0.1) is 0 Å². The number of aromatic nitrogens is 1. The van der Waals surface area contributed by atoms with E-state index in [2.05, 4.69) is 11.4 Å². The van der Waals surface area contributed by atoms with Gasteiger partial charge < -0.3 is 19.5 Å². The highest BCUT2D eigenvalue weighted by molar-refractivity contribution is 6.07. The Morgan fingerprint density at radius 2 is 1.78 bits per heavy atom. The number of hydrogen-bond donors (Lipinski definition) is 1. The Kier molecular flexibility index (Phi) is 7.40. The van der Waals surface area contributed by atoms with Crippen LogP contribution in [-0.4, -0.2) is 43.7 Å². The quantitative estimate of drug-likeness (QED) is 0.441. The summed E-state index contributed by atoms with van der Waals surface area (Å²) in [6, 6.07) is 13.6. The van der Waals surface area contributed by atoms with Gasteiger partial charge in [0.2, 0.25) is 0 Å². The Bertz CT molecular complexity index is 1360. The highest BCUT2D eigenvalue weighted by Crippen LogP contribution is 2.37. The molecule has 7 nitrogen and oxygen atoms in total. The number of amides is 1. The Labute approximate surface area is 216 Å². The number of fused-ring (bicyclic) bond motifs is 2. The molecular weight excluding hydrogens is 468 g/mol. The molecule has 7 heteroatoms. The second-order valence-corrected chi connectivity index (χ2v) is 9.59. The molecule has 2 aromatic carbocycles. The van der Waals surface area contributed by atoms with E-state index in [1.807, 2.05) is 42.5 Å². The molecule has 1 saturated carbocycles. The predicted octanol–water partition coefficient (Wildman–Crippen LogP) is 5.34. The first-order valence-electron chi connectivity index (χ1n) is 12.9. The van der Waals surface area contributed by atoms with Gasteiger partial charge in [0.15, 0.2) is 18.1 Å². The van der Waals surface area contributed by atoms with Gasteiger partial charge >= 0.3 is 5.97 Å². The van der Waals surface area contributed by atoms with Gasteiger partial charge in [0.25, 0.3) is 5.91 Å². The first-order valence-corrected chi connectivity index (χ1v) is 12.9. The molecule has 2 aliphatic carbocycles. The smallest absolute Gasteiger partial charge is 0.339 e. The standard InChI is InChI=1S/C30H32N2O5/c1-35-25-15-14-19(17-26(25)36-2)16-20-8-7-12-23-28(22-11-5-6-13-24(22)32-29(20)23)30(34)37-18-27(33)31-21-9-3-4-10-21/h5-6,11,13-17,21H,3-4,7-10,12,18H2,1-2H3,(H,31,33)/b20-16-. The van der Waals surface area contributed by atoms with Crippen LogP contribution in [0.1, 0.15) is 65.7 Å². The molecule has 0 saturated heterocycles. The maximum absolute atomic E-state index is 13.4. The van der Waals surface area contributed by atoms with Crippen LogP contribution in [0.4, 0.5) is 0 Å². The molecule has 0 unspecified atom stereocenters. The van der Waals surface area contributed by atoms with Crippen molar-refractivity contribution in [3.63, 3.8) is 0 Å². The molecule has 1 N–H and O–H groups in total. The number of carbonyl (C=O) groups excluding carboxylic acids is 2. The van der Waals surface area contributed by atoms with E-state index < -0.39 is 5.97 Å². The lowest BCUT2D eigenvalue weighted by Gasteiger charge is -2.22. The summed E-state index contributed by atoms with van der Waals surface area (Å²) in [4.78, 5) is 30.8. The predicted molar refractivity (Wildman–Crippen MR) is 143 cm³/mol. The molecule has 0 bridgehead atoms. The Balaban J connectivity index is 1.48. The fraction of sp³-hybridized carbons (Fsp3) is 0.367. The van der Waals surface area contributed by atoms with E-state index in [1.54, 1.807) is 14.2 Å². The van der Waals surface area contributed by atoms with Gasteiger partial charge in [-0.3, -0.25) is 4.79 Å². The molecule has 2 aliphatic rings. The average molecular weight is 501 g/mol. The van der Waals surface area contributed by atoms with E-state index in [4.69, 9.17) is 19.2 Å². The van der Waals surface area contributed by atoms with Gasteiger partial charge in [-0.05, 0) is 73.1 Å². The number of nitrogens with zero attached hydrogens (tertiary/aromatic N) is 1. The van der Waals surface area contributed by atoms with Crippen molar-refractivity contribution in [3.8, 4) is 11.5 Å². The van der Waals surface area contributed by atoms with Gasteiger partial charge in [-0.1, -0.05) is 37.1 Å². The summed E-state index contributed by atoms with van der Waals surface area (Å²) in [5.41, 5.74) is 4.92. The molecule has 0 spiro atoms. The van der Waals surface area contributed by atoms with Gasteiger partial charge in [0.1, 0.15) is 0 Å². The van der Waals surface area contributed by atoms with Gasteiger partial charge in [-0.25, -0.2) is 9.78 Å². The number of para-hydroxylation sites is 1. The molecule has 0 radical (unpaired) electrons. The maximum atomic E-state index is 13.4. The topological polar surface area (TPSA) is 86.8 Å². The van der Waals surface area contributed by atoms with E-state index in [0.717, 1.165) is 78.2 Å². The van der Waals surface area contributed by atoms with Crippen LogP contribution >= 0.6 is 0 Å². The number of nitrogens with one attached hydrogen (secondary N) is 1. The number of carbonyl (C=O) groups is 2. The Morgan fingerprint density at radius 1 is 1.00 bits per heavy atom. The van der Waals surface area contributed by atoms with Crippen molar-refractivity contribution in [2.24, 2.45) is 0 Å². The third-order valence-electron chi connectivity index (χ3n) is 7.18. The molecule has 192 valence electrons. The molecule has 5 rings (SSSR count). The molecular formula is C30H32N2O5. The highest BCUT2D eigenvalue weighted by Gasteiger charge is 2.27. The van der Waals surface area contributed by atoms with Gasteiger partial charge in [-0.15, -0.1) is 0 Å². The lowest BCUT2D eigenvalue weighted by atomic mass is 9.86. The van der Waals surface area contributed by atoms with Crippen LogP contribution in [0.25, 0.3) is 22.6 Å². The van der Waals surface area contributed by atoms with E-state index in [-0.39, 0.29) is 18.6 Å². The van der Waals surface area contributed by atoms with Crippen molar-refractivity contribution in [1.82, 2.24) is 10.3 Å². The van der Waals surface area contributed by atoms with Crippen molar-refractivity contribution >= 4 is 34.4 Å². The fourth-order valence-corrected chi connectivity index (χ4v) is 5.39. The number of allylic oxidation sites excluding steroid dienone is 1. The third-order valence-corrected chi connectivity index (χ3v) is 7.18.